The highest BCUT2D eigenvalue weighted by Gasteiger charge is 2.30. The van der Waals surface area contributed by atoms with E-state index in [9.17, 15) is 9.18 Å². The van der Waals surface area contributed by atoms with E-state index in [0.717, 1.165) is 12.8 Å². The molecule has 0 saturated heterocycles. The van der Waals surface area contributed by atoms with Crippen molar-refractivity contribution in [3.8, 4) is 5.75 Å². The summed E-state index contributed by atoms with van der Waals surface area (Å²) in [7, 11) is 1.48. The molecule has 1 aromatic carbocycles. The highest BCUT2D eigenvalue weighted by Crippen LogP contribution is 2.29. The van der Waals surface area contributed by atoms with Gasteiger partial charge in [-0.25, -0.2) is 4.39 Å². The predicted molar refractivity (Wildman–Crippen MR) is 64.0 cm³/mol. The second kappa shape index (κ2) is 5.35. The van der Waals surface area contributed by atoms with Crippen LogP contribution in [0.2, 0.25) is 0 Å². The monoisotopic (exact) mass is 253 g/mol. The number of methoxy groups -OCH3 is 1. The van der Waals surface area contributed by atoms with Gasteiger partial charge < -0.3 is 9.84 Å². The zero-order valence-electron chi connectivity index (χ0n) is 10.2. The SMILES string of the molecule is COc1ccc(CN(CC(=O)O)C2CC2)c(F)c1. The van der Waals surface area contributed by atoms with Gasteiger partial charge in [0.25, 0.3) is 0 Å². The molecule has 0 radical (unpaired) electrons. The minimum Gasteiger partial charge on any atom is -0.497 e. The third kappa shape index (κ3) is 3.20. The van der Waals surface area contributed by atoms with E-state index in [1.807, 2.05) is 0 Å². The molecular formula is C13H16FNO3. The second-order valence-electron chi connectivity index (χ2n) is 4.49. The normalized spacial score (nSPS) is 14.8. The van der Waals surface area contributed by atoms with Crippen molar-refractivity contribution in [2.24, 2.45) is 0 Å². The molecule has 0 amide bonds. The van der Waals surface area contributed by atoms with Crippen LogP contribution in [0.15, 0.2) is 18.2 Å². The minimum atomic E-state index is -0.879. The molecule has 0 aliphatic heterocycles. The van der Waals surface area contributed by atoms with Crippen LogP contribution in [-0.4, -0.2) is 35.7 Å². The van der Waals surface area contributed by atoms with E-state index in [0.29, 0.717) is 17.9 Å². The molecule has 1 fully saturated rings. The molecule has 0 spiro atoms. The Balaban J connectivity index is 2.08. The number of benzene rings is 1. The largest absolute Gasteiger partial charge is 0.497 e. The van der Waals surface area contributed by atoms with Gasteiger partial charge in [-0.05, 0) is 18.9 Å². The lowest BCUT2D eigenvalue weighted by molar-refractivity contribution is -0.138. The van der Waals surface area contributed by atoms with Crippen molar-refractivity contribution in [1.82, 2.24) is 4.90 Å². The molecule has 1 N–H and O–H groups in total. The summed E-state index contributed by atoms with van der Waals surface area (Å²) in [5.41, 5.74) is 0.504. The van der Waals surface area contributed by atoms with Crippen LogP contribution in [0.4, 0.5) is 4.39 Å². The molecule has 1 aliphatic carbocycles. The van der Waals surface area contributed by atoms with Gasteiger partial charge in [0.15, 0.2) is 0 Å². The Hall–Kier alpha value is -1.62. The van der Waals surface area contributed by atoms with Crippen LogP contribution in [0.5, 0.6) is 5.75 Å². The van der Waals surface area contributed by atoms with Crippen molar-refractivity contribution >= 4 is 5.97 Å². The number of rotatable bonds is 6. The molecule has 0 atom stereocenters. The van der Waals surface area contributed by atoms with Crippen molar-refractivity contribution in [3.63, 3.8) is 0 Å². The van der Waals surface area contributed by atoms with Gasteiger partial charge >= 0.3 is 5.97 Å². The Morgan fingerprint density at radius 3 is 2.78 bits per heavy atom. The maximum absolute atomic E-state index is 13.8. The third-order valence-corrected chi connectivity index (χ3v) is 3.04. The number of hydrogen-bond donors (Lipinski definition) is 1. The molecule has 1 aromatic rings. The Kier molecular flexibility index (Phi) is 3.81. The quantitative estimate of drug-likeness (QED) is 0.841. The van der Waals surface area contributed by atoms with Crippen LogP contribution in [0.3, 0.4) is 0 Å². The van der Waals surface area contributed by atoms with E-state index in [4.69, 9.17) is 9.84 Å². The Bertz CT molecular complexity index is 446. The van der Waals surface area contributed by atoms with Crippen LogP contribution in [0.25, 0.3) is 0 Å². The molecule has 98 valence electrons. The fraction of sp³-hybridized carbons (Fsp3) is 0.462. The van der Waals surface area contributed by atoms with Crippen LogP contribution >= 0.6 is 0 Å². The summed E-state index contributed by atoms with van der Waals surface area (Å²) < 4.78 is 18.7. The Morgan fingerprint density at radius 2 is 2.28 bits per heavy atom. The van der Waals surface area contributed by atoms with Crippen molar-refractivity contribution in [3.05, 3.63) is 29.6 Å². The number of halogens is 1. The molecule has 18 heavy (non-hydrogen) atoms. The number of nitrogens with zero attached hydrogens (tertiary/aromatic N) is 1. The Labute approximate surface area is 105 Å². The molecular weight excluding hydrogens is 237 g/mol. The molecule has 5 heteroatoms. The van der Waals surface area contributed by atoms with Gasteiger partial charge in [-0.15, -0.1) is 0 Å². The van der Waals surface area contributed by atoms with Crippen molar-refractivity contribution in [2.75, 3.05) is 13.7 Å². The van der Waals surface area contributed by atoms with Crippen LogP contribution in [-0.2, 0) is 11.3 Å². The molecule has 1 saturated carbocycles. The average Bonchev–Trinajstić information content (AvgIpc) is 3.14. The lowest BCUT2D eigenvalue weighted by Crippen LogP contribution is -2.31. The van der Waals surface area contributed by atoms with Gasteiger partial charge in [0, 0.05) is 24.2 Å². The van der Waals surface area contributed by atoms with E-state index in [1.54, 1.807) is 17.0 Å². The zero-order chi connectivity index (χ0) is 13.1. The first-order valence-corrected chi connectivity index (χ1v) is 5.88. The first kappa shape index (κ1) is 12.8. The van der Waals surface area contributed by atoms with Crippen LogP contribution in [0.1, 0.15) is 18.4 Å². The summed E-state index contributed by atoms with van der Waals surface area (Å²) in [6.45, 7) is 0.281. The maximum Gasteiger partial charge on any atom is 0.317 e. The number of aliphatic carboxylic acids is 1. The van der Waals surface area contributed by atoms with Gasteiger partial charge in [-0.1, -0.05) is 6.07 Å². The van der Waals surface area contributed by atoms with Gasteiger partial charge in [0.2, 0.25) is 0 Å². The summed E-state index contributed by atoms with van der Waals surface area (Å²) in [4.78, 5) is 12.6. The zero-order valence-corrected chi connectivity index (χ0v) is 10.2. The lowest BCUT2D eigenvalue weighted by atomic mass is 10.2. The molecule has 0 unspecified atom stereocenters. The highest BCUT2D eigenvalue weighted by atomic mass is 19.1. The average molecular weight is 253 g/mol. The van der Waals surface area contributed by atoms with E-state index in [2.05, 4.69) is 0 Å². The highest BCUT2D eigenvalue weighted by molar-refractivity contribution is 5.69. The summed E-state index contributed by atoms with van der Waals surface area (Å²) in [5.74, 6) is -0.770. The first-order valence-electron chi connectivity index (χ1n) is 5.88. The maximum atomic E-state index is 13.8. The number of hydrogen-bond acceptors (Lipinski definition) is 3. The van der Waals surface area contributed by atoms with Crippen molar-refractivity contribution < 1.29 is 19.0 Å². The molecule has 0 heterocycles. The number of ether oxygens (including phenoxy) is 1. The summed E-state index contributed by atoms with van der Waals surface area (Å²) in [6, 6.07) is 4.93. The fourth-order valence-electron chi connectivity index (χ4n) is 1.93. The standard InChI is InChI=1S/C13H16FNO3/c1-18-11-5-2-9(12(14)6-11)7-15(8-13(16)17)10-3-4-10/h2,5-6,10H,3-4,7-8H2,1H3,(H,16,17). The van der Waals surface area contributed by atoms with E-state index < -0.39 is 5.97 Å². The van der Waals surface area contributed by atoms with Crippen molar-refractivity contribution in [2.45, 2.75) is 25.4 Å². The van der Waals surface area contributed by atoms with Gasteiger partial charge in [-0.2, -0.15) is 0 Å². The second-order valence-corrected chi connectivity index (χ2v) is 4.49. The number of carboxylic acids is 1. The number of carboxylic acid groups (broad SMARTS) is 1. The number of carbonyl (C=O) groups is 1. The molecule has 2 rings (SSSR count). The van der Waals surface area contributed by atoms with Crippen molar-refractivity contribution in [1.29, 1.82) is 0 Å². The van der Waals surface area contributed by atoms with Gasteiger partial charge in [0.05, 0.1) is 13.7 Å². The van der Waals surface area contributed by atoms with Crippen LogP contribution < -0.4 is 4.74 Å². The fourth-order valence-corrected chi connectivity index (χ4v) is 1.93. The topological polar surface area (TPSA) is 49.8 Å². The smallest absolute Gasteiger partial charge is 0.317 e. The molecule has 1 aliphatic rings. The third-order valence-electron chi connectivity index (χ3n) is 3.04. The first-order chi connectivity index (χ1) is 8.60. The lowest BCUT2D eigenvalue weighted by Gasteiger charge is -2.20. The molecule has 0 aromatic heterocycles. The van der Waals surface area contributed by atoms with Gasteiger partial charge in [-0.3, -0.25) is 9.69 Å². The Morgan fingerprint density at radius 1 is 1.56 bits per heavy atom. The predicted octanol–water partition coefficient (Wildman–Crippen LogP) is 1.88. The van der Waals surface area contributed by atoms with E-state index in [-0.39, 0.29) is 18.4 Å². The molecule has 0 bridgehead atoms. The van der Waals surface area contributed by atoms with E-state index in [1.165, 1.54) is 13.2 Å². The minimum absolute atomic E-state index is 0.0455. The summed E-state index contributed by atoms with van der Waals surface area (Å²) in [5, 5.41) is 8.83. The summed E-state index contributed by atoms with van der Waals surface area (Å²) in [6.07, 6.45) is 1.98. The van der Waals surface area contributed by atoms with Crippen LogP contribution in [0, 0.1) is 5.82 Å². The summed E-state index contributed by atoms with van der Waals surface area (Å²) >= 11 is 0. The van der Waals surface area contributed by atoms with Gasteiger partial charge in [0.1, 0.15) is 11.6 Å². The molecule has 4 nitrogen and oxygen atoms in total. The van der Waals surface area contributed by atoms with E-state index >= 15 is 0 Å².